The maximum Gasteiger partial charge on any atom is 0.394 e. The number of rotatable bonds is 4. The lowest BCUT2D eigenvalue weighted by molar-refractivity contribution is 0.290. The molecule has 1 nitrogen and oxygen atoms in total. The fourth-order valence-corrected chi connectivity index (χ4v) is 2.24. The number of nitrogens with zero attached hydrogens (tertiary/aromatic N) is 1. The maximum atomic E-state index is 5.80. The summed E-state index contributed by atoms with van der Waals surface area (Å²) < 4.78 is 0. The summed E-state index contributed by atoms with van der Waals surface area (Å²) in [5.74, 6) is 0. The van der Waals surface area contributed by atoms with Crippen molar-refractivity contribution in [1.82, 2.24) is 4.90 Å². The zero-order valence-corrected chi connectivity index (χ0v) is 8.69. The van der Waals surface area contributed by atoms with Gasteiger partial charge in [-0.25, -0.2) is 0 Å². The molecule has 0 aromatic rings. The van der Waals surface area contributed by atoms with Crippen LogP contribution in [0.3, 0.4) is 0 Å². The molecule has 0 N–H and O–H groups in total. The first-order valence-corrected chi connectivity index (χ1v) is 6.51. The van der Waals surface area contributed by atoms with E-state index in [1.165, 1.54) is 0 Å². The van der Waals surface area contributed by atoms with Gasteiger partial charge in [-0.2, -0.15) is 0 Å². The molecule has 0 fully saturated rings. The van der Waals surface area contributed by atoms with Crippen molar-refractivity contribution in [1.29, 1.82) is 0 Å². The summed E-state index contributed by atoms with van der Waals surface area (Å²) in [5.41, 5.74) is 0. The van der Waals surface area contributed by atoms with Crippen LogP contribution >= 0.6 is 10.0 Å². The molecule has 0 heterocycles. The van der Waals surface area contributed by atoms with Crippen molar-refractivity contribution >= 4 is 24.3 Å². The second kappa shape index (κ2) is 5.56. The highest BCUT2D eigenvalue weighted by Gasteiger charge is 2.09. The van der Waals surface area contributed by atoms with Gasteiger partial charge >= 0.3 is 14.3 Å². The second-order valence-corrected chi connectivity index (χ2v) is 4.64. The largest absolute Gasteiger partial charge is 0.394 e. The van der Waals surface area contributed by atoms with E-state index in [-0.39, 0.29) is 14.3 Å². The average Bonchev–Trinajstić information content (AvgIpc) is 1.90. The molecule has 0 aliphatic carbocycles. The predicted octanol–water partition coefficient (Wildman–Crippen LogP) is 1.26. The maximum absolute atomic E-state index is 5.80. The number of hydrogen-bond acceptors (Lipinski definition) is 1. The van der Waals surface area contributed by atoms with Gasteiger partial charge in [-0.1, -0.05) is 20.8 Å². The molecule has 0 rings (SSSR count). The fourth-order valence-electron chi connectivity index (χ4n) is 0.945. The highest BCUT2D eigenvalue weighted by molar-refractivity contribution is 6.94. The molecule has 0 bridgehead atoms. The average molecular weight is 164 g/mol. The van der Waals surface area contributed by atoms with Crippen molar-refractivity contribution in [3.8, 4) is 0 Å². The van der Waals surface area contributed by atoms with Crippen molar-refractivity contribution in [3.05, 3.63) is 0 Å². The summed E-state index contributed by atoms with van der Waals surface area (Å²) in [6.07, 6.45) is 0. The van der Waals surface area contributed by atoms with Crippen LogP contribution < -0.4 is 0 Å². The van der Waals surface area contributed by atoms with Gasteiger partial charge in [0.05, 0.1) is 0 Å². The SMILES string of the molecule is CCN(CC)[CH](C)[AlH][Cl]. The summed E-state index contributed by atoms with van der Waals surface area (Å²) in [4.78, 5) is 3.07. The highest BCUT2D eigenvalue weighted by Crippen LogP contribution is 1.96. The van der Waals surface area contributed by atoms with Gasteiger partial charge in [0.15, 0.2) is 0 Å². The molecular weight excluding hydrogens is 149 g/mol. The Morgan fingerprint density at radius 1 is 1.44 bits per heavy atom. The van der Waals surface area contributed by atoms with Crippen molar-refractivity contribution in [3.63, 3.8) is 0 Å². The van der Waals surface area contributed by atoms with Gasteiger partial charge in [-0.15, -0.1) is 0 Å². The minimum Gasteiger partial charge on any atom is -0.313 e. The van der Waals surface area contributed by atoms with Crippen molar-refractivity contribution in [2.75, 3.05) is 13.1 Å². The minimum atomic E-state index is -0.333. The molecule has 0 amide bonds. The molecule has 9 heavy (non-hydrogen) atoms. The Balaban J connectivity index is 3.50. The second-order valence-electron chi connectivity index (χ2n) is 2.22. The third kappa shape index (κ3) is 3.48. The van der Waals surface area contributed by atoms with Gasteiger partial charge in [-0.3, -0.25) is 10.0 Å². The van der Waals surface area contributed by atoms with E-state index in [0.29, 0.717) is 4.90 Å². The van der Waals surface area contributed by atoms with Crippen LogP contribution in [0.2, 0.25) is 0 Å². The first-order valence-electron chi connectivity index (χ1n) is 3.56. The third-order valence-corrected chi connectivity index (χ3v) is 3.96. The van der Waals surface area contributed by atoms with Gasteiger partial charge in [0, 0.05) is 0 Å². The summed E-state index contributed by atoms with van der Waals surface area (Å²) >= 11 is -0.333. The zero-order chi connectivity index (χ0) is 7.28. The normalized spacial score (nSPS) is 13.9. The molecule has 0 spiro atoms. The van der Waals surface area contributed by atoms with Crippen LogP contribution in [0.25, 0.3) is 0 Å². The topological polar surface area (TPSA) is 3.24 Å². The Labute approximate surface area is 68.3 Å². The van der Waals surface area contributed by atoms with Crippen molar-refractivity contribution in [2.24, 2.45) is 0 Å². The van der Waals surface area contributed by atoms with Crippen LogP contribution in [0.4, 0.5) is 0 Å². The first-order chi connectivity index (χ1) is 4.26. The molecule has 0 saturated heterocycles. The fraction of sp³-hybridized carbons (Fsp3) is 1.00. The smallest absolute Gasteiger partial charge is 0.313 e. The minimum absolute atomic E-state index is 0.333. The van der Waals surface area contributed by atoms with Gasteiger partial charge in [0.25, 0.3) is 0 Å². The molecule has 0 saturated carbocycles. The van der Waals surface area contributed by atoms with E-state index in [9.17, 15) is 0 Å². The van der Waals surface area contributed by atoms with Crippen LogP contribution in [0.5, 0.6) is 0 Å². The van der Waals surface area contributed by atoms with Gasteiger partial charge in [0.2, 0.25) is 0 Å². The van der Waals surface area contributed by atoms with Crippen molar-refractivity contribution < 1.29 is 0 Å². The van der Waals surface area contributed by atoms with E-state index in [1.54, 1.807) is 0 Å². The standard InChI is InChI=1S/C6H14N.Al.ClH.H/c1-4-7(5-2)6-3;;;/h4H,5-6H2,1-3H3;;1H;/q;+1;;/p-1. The Morgan fingerprint density at radius 2 is 1.89 bits per heavy atom. The Hall–Kier alpha value is 0.782. The molecule has 0 aliphatic rings. The van der Waals surface area contributed by atoms with E-state index >= 15 is 0 Å². The molecule has 54 valence electrons. The molecule has 0 aromatic heterocycles. The van der Waals surface area contributed by atoms with Crippen LogP contribution in [0.1, 0.15) is 20.8 Å². The lowest BCUT2D eigenvalue weighted by atomic mass is 10.5. The first kappa shape index (κ1) is 9.78. The molecule has 1 unspecified atom stereocenters. The van der Waals surface area contributed by atoms with Gasteiger partial charge < -0.3 is 4.90 Å². The van der Waals surface area contributed by atoms with E-state index < -0.39 is 0 Å². The lowest BCUT2D eigenvalue weighted by Gasteiger charge is -2.23. The van der Waals surface area contributed by atoms with Gasteiger partial charge in [0.1, 0.15) is 0 Å². The summed E-state index contributed by atoms with van der Waals surface area (Å²) in [6.45, 7) is 8.85. The summed E-state index contributed by atoms with van der Waals surface area (Å²) in [6, 6.07) is 0. The molecule has 0 aromatic carbocycles. The van der Waals surface area contributed by atoms with Gasteiger partial charge in [-0.05, 0) is 18.0 Å². The molecule has 3 heteroatoms. The molecule has 1 atom stereocenters. The third-order valence-electron chi connectivity index (χ3n) is 1.66. The van der Waals surface area contributed by atoms with E-state index in [0.717, 1.165) is 13.1 Å². The highest BCUT2D eigenvalue weighted by atomic mass is 35.6. The molecular formula is C6H15AlClN. The monoisotopic (exact) mass is 163 g/mol. The van der Waals surface area contributed by atoms with Crippen LogP contribution in [-0.2, 0) is 0 Å². The molecule has 0 radical (unpaired) electrons. The van der Waals surface area contributed by atoms with Crippen LogP contribution in [0, 0.1) is 0 Å². The zero-order valence-electron chi connectivity index (χ0n) is 6.52. The van der Waals surface area contributed by atoms with Crippen LogP contribution in [-0.4, -0.2) is 37.2 Å². The Morgan fingerprint density at radius 3 is 2.00 bits per heavy atom. The van der Waals surface area contributed by atoms with Crippen molar-refractivity contribution in [2.45, 2.75) is 25.7 Å². The molecule has 0 aliphatic heterocycles. The summed E-state index contributed by atoms with van der Waals surface area (Å²) in [5, 5.41) is 0. The number of hydrogen-bond donors (Lipinski definition) is 0. The Bertz CT molecular complexity index is 66.1. The summed E-state index contributed by atoms with van der Waals surface area (Å²) in [7, 11) is 5.80. The van der Waals surface area contributed by atoms with E-state index in [2.05, 4.69) is 25.7 Å². The predicted molar refractivity (Wildman–Crippen MR) is 45.4 cm³/mol. The van der Waals surface area contributed by atoms with E-state index in [4.69, 9.17) is 10.0 Å². The Kier molecular flexibility index (Phi) is 6.04. The number of halogens is 1. The van der Waals surface area contributed by atoms with E-state index in [1.807, 2.05) is 0 Å². The lowest BCUT2D eigenvalue weighted by Crippen LogP contribution is -2.35. The quantitative estimate of drug-likeness (QED) is 0.565. The van der Waals surface area contributed by atoms with Crippen LogP contribution in [0.15, 0.2) is 0 Å².